The van der Waals surface area contributed by atoms with E-state index in [4.69, 9.17) is 14.2 Å². The van der Waals surface area contributed by atoms with Crippen LogP contribution in [0.2, 0.25) is 0 Å². The van der Waals surface area contributed by atoms with Gasteiger partial charge in [0.25, 0.3) is 0 Å². The van der Waals surface area contributed by atoms with Crippen molar-refractivity contribution in [1.82, 2.24) is 9.88 Å². The Kier molecular flexibility index (Phi) is 6.45. The Balaban J connectivity index is 1.89. The van der Waals surface area contributed by atoms with Crippen LogP contribution in [0.4, 0.5) is 4.79 Å². The van der Waals surface area contributed by atoms with Gasteiger partial charge in [0.15, 0.2) is 0 Å². The maximum Gasteiger partial charge on any atom is 0.419 e. The van der Waals surface area contributed by atoms with Crippen molar-refractivity contribution < 1.29 is 28.6 Å². The second kappa shape index (κ2) is 8.87. The van der Waals surface area contributed by atoms with Gasteiger partial charge in [-0.1, -0.05) is 18.2 Å². The highest BCUT2D eigenvalue weighted by Gasteiger charge is 2.30. The zero-order valence-corrected chi connectivity index (χ0v) is 17.8. The number of carbonyl (C=O) groups is 3. The van der Waals surface area contributed by atoms with Crippen molar-refractivity contribution in [3.63, 3.8) is 0 Å². The van der Waals surface area contributed by atoms with Crippen LogP contribution in [0.15, 0.2) is 30.5 Å². The van der Waals surface area contributed by atoms with Gasteiger partial charge < -0.3 is 19.5 Å². The van der Waals surface area contributed by atoms with E-state index < -0.39 is 23.7 Å². The first-order valence-corrected chi connectivity index (χ1v) is 9.98. The van der Waals surface area contributed by atoms with E-state index in [1.165, 1.54) is 11.7 Å². The van der Waals surface area contributed by atoms with Gasteiger partial charge in [-0.15, -0.1) is 0 Å². The van der Waals surface area contributed by atoms with Crippen molar-refractivity contribution in [2.75, 3.05) is 20.3 Å². The molecule has 8 nitrogen and oxygen atoms in total. The molecule has 0 saturated carbocycles. The summed E-state index contributed by atoms with van der Waals surface area (Å²) in [4.78, 5) is 37.6. The van der Waals surface area contributed by atoms with Crippen molar-refractivity contribution in [2.24, 2.45) is 5.92 Å². The predicted octanol–water partition coefficient (Wildman–Crippen LogP) is 2.66. The molecule has 1 aromatic heterocycles. The van der Waals surface area contributed by atoms with Crippen LogP contribution in [0, 0.1) is 5.92 Å². The second-order valence-corrected chi connectivity index (χ2v) is 8.37. The lowest BCUT2D eigenvalue weighted by atomic mass is 10.0. The number of rotatable bonds is 5. The lowest BCUT2D eigenvalue weighted by Gasteiger charge is -2.19. The highest BCUT2D eigenvalue weighted by atomic mass is 16.6. The van der Waals surface area contributed by atoms with E-state index in [2.05, 4.69) is 5.32 Å². The van der Waals surface area contributed by atoms with Crippen LogP contribution >= 0.6 is 0 Å². The number of methoxy groups -OCH3 is 1. The minimum atomic E-state index is -0.874. The van der Waals surface area contributed by atoms with E-state index in [-0.39, 0.29) is 18.2 Å². The third kappa shape index (κ3) is 4.99. The van der Waals surface area contributed by atoms with E-state index in [0.29, 0.717) is 25.2 Å². The van der Waals surface area contributed by atoms with Crippen LogP contribution in [-0.2, 0) is 30.2 Å². The van der Waals surface area contributed by atoms with Crippen molar-refractivity contribution in [3.05, 3.63) is 36.0 Å². The molecule has 0 unspecified atom stereocenters. The molecule has 162 valence electrons. The number of hydrogen-bond acceptors (Lipinski definition) is 6. The monoisotopic (exact) mass is 416 g/mol. The molecule has 0 bridgehead atoms. The minimum absolute atomic E-state index is 0.183. The molecule has 30 heavy (non-hydrogen) atoms. The largest absolute Gasteiger partial charge is 0.467 e. The van der Waals surface area contributed by atoms with Crippen LogP contribution in [0.1, 0.15) is 32.8 Å². The molecule has 0 spiro atoms. The predicted molar refractivity (Wildman–Crippen MR) is 110 cm³/mol. The van der Waals surface area contributed by atoms with Gasteiger partial charge in [-0.3, -0.25) is 9.36 Å². The molecule has 1 fully saturated rings. The summed E-state index contributed by atoms with van der Waals surface area (Å²) >= 11 is 0. The Morgan fingerprint density at radius 1 is 1.27 bits per heavy atom. The number of fused-ring (bicyclic) bond motifs is 1. The number of hydrogen-bond donors (Lipinski definition) is 1. The fraction of sp³-hybridized carbons (Fsp3) is 0.500. The number of esters is 1. The number of benzene rings is 1. The maximum absolute atomic E-state index is 12.7. The van der Waals surface area contributed by atoms with Crippen LogP contribution < -0.4 is 5.32 Å². The van der Waals surface area contributed by atoms with E-state index in [1.54, 1.807) is 27.0 Å². The van der Waals surface area contributed by atoms with Crippen LogP contribution in [0.3, 0.4) is 0 Å². The van der Waals surface area contributed by atoms with Crippen LogP contribution in [0.5, 0.6) is 0 Å². The number of nitrogens with zero attached hydrogens (tertiary/aromatic N) is 1. The van der Waals surface area contributed by atoms with Gasteiger partial charge in [-0.25, -0.2) is 9.59 Å². The lowest BCUT2D eigenvalue weighted by molar-refractivity contribution is -0.145. The summed E-state index contributed by atoms with van der Waals surface area (Å²) < 4.78 is 17.1. The molecule has 0 aliphatic carbocycles. The summed E-state index contributed by atoms with van der Waals surface area (Å²) in [5.41, 5.74) is 0.754. The van der Waals surface area contributed by atoms with Crippen LogP contribution in [-0.4, -0.2) is 54.5 Å². The minimum Gasteiger partial charge on any atom is -0.467 e. The van der Waals surface area contributed by atoms with Gasteiger partial charge in [0.1, 0.15) is 11.6 Å². The first-order valence-electron chi connectivity index (χ1n) is 9.98. The SMILES string of the molecule is COC(=O)[C@H](Cc1cn(C(=O)OC(C)(C)C)c2ccccc12)NC(=O)[C@@H]1CCOC1. The highest BCUT2D eigenvalue weighted by molar-refractivity contribution is 5.93. The van der Waals surface area contributed by atoms with Gasteiger partial charge in [0, 0.05) is 24.6 Å². The Morgan fingerprint density at radius 3 is 2.63 bits per heavy atom. The smallest absolute Gasteiger partial charge is 0.419 e. The van der Waals surface area contributed by atoms with Gasteiger partial charge in [-0.05, 0) is 38.8 Å². The van der Waals surface area contributed by atoms with Crippen molar-refractivity contribution in [1.29, 1.82) is 0 Å². The fourth-order valence-corrected chi connectivity index (χ4v) is 3.46. The summed E-state index contributed by atoms with van der Waals surface area (Å²) in [5, 5.41) is 3.58. The molecule has 1 aliphatic rings. The Hall–Kier alpha value is -2.87. The topological polar surface area (TPSA) is 95.9 Å². The number of nitrogens with one attached hydrogen (secondary N) is 1. The normalized spacial score (nSPS) is 17.5. The van der Waals surface area contributed by atoms with Crippen molar-refractivity contribution >= 4 is 28.9 Å². The zero-order chi connectivity index (χ0) is 21.9. The van der Waals surface area contributed by atoms with Crippen molar-refractivity contribution in [3.8, 4) is 0 Å². The van der Waals surface area contributed by atoms with E-state index in [1.807, 2.05) is 24.3 Å². The second-order valence-electron chi connectivity index (χ2n) is 8.37. The summed E-state index contributed by atoms with van der Waals surface area (Å²) in [6.45, 7) is 6.27. The summed E-state index contributed by atoms with van der Waals surface area (Å²) in [7, 11) is 1.28. The standard InChI is InChI=1S/C22H28N2O6/c1-22(2,3)30-21(27)24-12-15(16-7-5-6-8-18(16)24)11-17(20(26)28-4)23-19(25)14-9-10-29-13-14/h5-8,12,14,17H,9-11,13H2,1-4H3,(H,23,25)/t14-,17+/m1/s1. The molecule has 2 atom stereocenters. The number of amides is 1. The quantitative estimate of drug-likeness (QED) is 0.753. The summed E-state index contributed by atoms with van der Waals surface area (Å²) in [5.74, 6) is -1.06. The van der Waals surface area contributed by atoms with Gasteiger partial charge in [-0.2, -0.15) is 0 Å². The molecule has 8 heteroatoms. The maximum atomic E-state index is 12.7. The molecule has 3 rings (SSSR count). The number of carbonyl (C=O) groups excluding carboxylic acids is 3. The van der Waals surface area contributed by atoms with E-state index in [0.717, 1.165) is 10.9 Å². The fourth-order valence-electron chi connectivity index (χ4n) is 3.46. The molecule has 1 amide bonds. The van der Waals surface area contributed by atoms with E-state index >= 15 is 0 Å². The number of aromatic nitrogens is 1. The molecular weight excluding hydrogens is 388 g/mol. The van der Waals surface area contributed by atoms with Gasteiger partial charge in [0.2, 0.25) is 5.91 Å². The summed E-state index contributed by atoms with van der Waals surface area (Å²) in [6.07, 6.45) is 1.95. The molecule has 1 aliphatic heterocycles. The third-order valence-electron chi connectivity index (χ3n) is 4.91. The molecule has 1 saturated heterocycles. The Labute approximate surface area is 175 Å². The first-order chi connectivity index (χ1) is 14.2. The summed E-state index contributed by atoms with van der Waals surface area (Å²) in [6, 6.07) is 6.48. The first kappa shape index (κ1) is 21.8. The number of para-hydroxylation sites is 1. The average Bonchev–Trinajstić information content (AvgIpc) is 3.34. The lowest BCUT2D eigenvalue weighted by Crippen LogP contribution is -2.45. The highest BCUT2D eigenvalue weighted by Crippen LogP contribution is 2.24. The van der Waals surface area contributed by atoms with Crippen molar-refractivity contribution in [2.45, 2.75) is 45.3 Å². The van der Waals surface area contributed by atoms with Crippen LogP contribution in [0.25, 0.3) is 10.9 Å². The number of ether oxygens (including phenoxy) is 3. The molecule has 2 aromatic rings. The Morgan fingerprint density at radius 2 is 2.00 bits per heavy atom. The van der Waals surface area contributed by atoms with Gasteiger partial charge in [0.05, 0.1) is 25.2 Å². The molecular formula is C22H28N2O6. The average molecular weight is 416 g/mol. The van der Waals surface area contributed by atoms with E-state index in [9.17, 15) is 14.4 Å². The zero-order valence-electron chi connectivity index (χ0n) is 17.8. The molecule has 0 radical (unpaired) electrons. The molecule has 2 heterocycles. The molecule has 1 N–H and O–H groups in total. The van der Waals surface area contributed by atoms with Gasteiger partial charge >= 0.3 is 12.1 Å². The third-order valence-corrected chi connectivity index (χ3v) is 4.91. The Bertz CT molecular complexity index is 937. The molecule has 1 aromatic carbocycles.